The Labute approximate surface area is 97.1 Å². The standard InChI is InChI=1S/C12H11NO2S/c1-7-2-3-12(16-7)8-4-10(14)9-6-13-15-11(9)5-8/h2-3,6,8H,4-5H2,1H3/t8-/m0/s1. The van der Waals surface area contributed by atoms with Crippen LogP contribution in [0.3, 0.4) is 0 Å². The predicted octanol–water partition coefficient (Wildman–Crippen LogP) is 2.96. The van der Waals surface area contributed by atoms with E-state index >= 15 is 0 Å². The van der Waals surface area contributed by atoms with Crippen LogP contribution in [0.1, 0.15) is 38.2 Å². The van der Waals surface area contributed by atoms with Crippen molar-refractivity contribution in [3.63, 3.8) is 0 Å². The van der Waals surface area contributed by atoms with E-state index in [1.54, 1.807) is 11.3 Å². The third-order valence-electron chi connectivity index (χ3n) is 2.97. The highest BCUT2D eigenvalue weighted by molar-refractivity contribution is 7.12. The highest BCUT2D eigenvalue weighted by Crippen LogP contribution is 2.35. The summed E-state index contributed by atoms with van der Waals surface area (Å²) in [6.07, 6.45) is 2.91. The maximum Gasteiger partial charge on any atom is 0.168 e. The van der Waals surface area contributed by atoms with E-state index < -0.39 is 0 Å². The zero-order chi connectivity index (χ0) is 11.1. The lowest BCUT2D eigenvalue weighted by Gasteiger charge is -2.17. The fourth-order valence-electron chi connectivity index (χ4n) is 2.14. The van der Waals surface area contributed by atoms with Crippen molar-refractivity contribution in [1.29, 1.82) is 0 Å². The van der Waals surface area contributed by atoms with Crippen LogP contribution in [-0.4, -0.2) is 10.9 Å². The first kappa shape index (κ1) is 9.78. The van der Waals surface area contributed by atoms with Crippen molar-refractivity contribution < 1.29 is 9.32 Å². The number of aryl methyl sites for hydroxylation is 1. The molecule has 16 heavy (non-hydrogen) atoms. The lowest BCUT2D eigenvalue weighted by molar-refractivity contribution is 0.0960. The SMILES string of the molecule is Cc1ccc([C@H]2CC(=O)c3cnoc3C2)s1. The Bertz CT molecular complexity index is 541. The lowest BCUT2D eigenvalue weighted by Crippen LogP contribution is -2.16. The first-order valence-corrected chi connectivity index (χ1v) is 6.09. The van der Waals surface area contributed by atoms with Gasteiger partial charge in [0.2, 0.25) is 0 Å². The summed E-state index contributed by atoms with van der Waals surface area (Å²) >= 11 is 1.76. The molecule has 0 unspecified atom stereocenters. The van der Waals surface area contributed by atoms with Gasteiger partial charge in [-0.25, -0.2) is 0 Å². The van der Waals surface area contributed by atoms with Crippen LogP contribution < -0.4 is 0 Å². The number of nitrogens with zero attached hydrogens (tertiary/aromatic N) is 1. The summed E-state index contributed by atoms with van der Waals surface area (Å²) in [5.74, 6) is 1.16. The van der Waals surface area contributed by atoms with E-state index in [9.17, 15) is 4.79 Å². The average Bonchev–Trinajstić information content (AvgIpc) is 2.85. The van der Waals surface area contributed by atoms with Gasteiger partial charge in [-0.15, -0.1) is 11.3 Å². The number of carbonyl (C=O) groups excluding carboxylic acids is 1. The van der Waals surface area contributed by atoms with Gasteiger partial charge >= 0.3 is 0 Å². The van der Waals surface area contributed by atoms with Crippen LogP contribution in [0.25, 0.3) is 0 Å². The Kier molecular flexibility index (Phi) is 2.17. The van der Waals surface area contributed by atoms with Crippen LogP contribution in [0, 0.1) is 6.92 Å². The molecule has 3 nitrogen and oxygen atoms in total. The maximum atomic E-state index is 11.8. The minimum absolute atomic E-state index is 0.151. The predicted molar refractivity (Wildman–Crippen MR) is 61.0 cm³/mol. The largest absolute Gasteiger partial charge is 0.361 e. The van der Waals surface area contributed by atoms with Crippen molar-refractivity contribution in [3.8, 4) is 0 Å². The van der Waals surface area contributed by atoms with Crippen molar-refractivity contribution in [2.75, 3.05) is 0 Å². The molecule has 0 aromatic carbocycles. The molecular formula is C12H11NO2S. The summed E-state index contributed by atoms with van der Waals surface area (Å²) in [6.45, 7) is 2.08. The van der Waals surface area contributed by atoms with Crippen molar-refractivity contribution in [3.05, 3.63) is 39.4 Å². The smallest absolute Gasteiger partial charge is 0.168 e. The molecule has 0 fully saturated rings. The molecule has 3 rings (SSSR count). The molecule has 0 amide bonds. The van der Waals surface area contributed by atoms with Gasteiger partial charge in [0, 0.05) is 28.5 Å². The molecule has 1 aliphatic carbocycles. The second-order valence-corrected chi connectivity index (χ2v) is 5.46. The first-order valence-electron chi connectivity index (χ1n) is 5.27. The van der Waals surface area contributed by atoms with Crippen LogP contribution in [0.2, 0.25) is 0 Å². The van der Waals surface area contributed by atoms with Crippen molar-refractivity contribution in [2.45, 2.75) is 25.7 Å². The van der Waals surface area contributed by atoms with Crippen LogP contribution in [0.15, 0.2) is 22.9 Å². The minimum atomic E-state index is 0.151. The van der Waals surface area contributed by atoms with Crippen LogP contribution in [0.5, 0.6) is 0 Å². The van der Waals surface area contributed by atoms with Gasteiger partial charge in [-0.05, 0) is 19.1 Å². The number of hydrogen-bond donors (Lipinski definition) is 0. The zero-order valence-electron chi connectivity index (χ0n) is 8.90. The Balaban J connectivity index is 1.94. The highest BCUT2D eigenvalue weighted by atomic mass is 32.1. The summed E-state index contributed by atoms with van der Waals surface area (Å²) < 4.78 is 5.12. The molecule has 1 aliphatic rings. The highest BCUT2D eigenvalue weighted by Gasteiger charge is 2.29. The van der Waals surface area contributed by atoms with Gasteiger partial charge in [0.1, 0.15) is 5.76 Å². The monoisotopic (exact) mass is 233 g/mol. The number of Topliss-reactive ketones (excluding diaryl/α,β-unsaturated/α-hetero) is 1. The summed E-state index contributed by atoms with van der Waals surface area (Å²) in [6, 6.07) is 4.21. The molecular weight excluding hydrogens is 222 g/mol. The van der Waals surface area contributed by atoms with Crippen LogP contribution in [0.4, 0.5) is 0 Å². The van der Waals surface area contributed by atoms with Gasteiger partial charge in [0.05, 0.1) is 11.8 Å². The number of rotatable bonds is 1. The second-order valence-electron chi connectivity index (χ2n) is 4.14. The van der Waals surface area contributed by atoms with Gasteiger partial charge in [-0.1, -0.05) is 5.16 Å². The number of hydrogen-bond acceptors (Lipinski definition) is 4. The molecule has 0 bridgehead atoms. The molecule has 0 N–H and O–H groups in total. The Hall–Kier alpha value is -1.42. The van der Waals surface area contributed by atoms with E-state index in [1.165, 1.54) is 16.0 Å². The average molecular weight is 233 g/mol. The minimum Gasteiger partial charge on any atom is -0.361 e. The van der Waals surface area contributed by atoms with E-state index in [-0.39, 0.29) is 11.7 Å². The maximum absolute atomic E-state index is 11.8. The quantitative estimate of drug-likeness (QED) is 0.760. The lowest BCUT2D eigenvalue weighted by atomic mass is 9.87. The molecule has 0 saturated carbocycles. The summed E-state index contributed by atoms with van der Waals surface area (Å²) in [4.78, 5) is 14.4. The molecule has 1 atom stereocenters. The Morgan fingerprint density at radius 1 is 1.44 bits per heavy atom. The first-order chi connectivity index (χ1) is 7.74. The number of fused-ring (bicyclic) bond motifs is 1. The fourth-order valence-corrected chi connectivity index (χ4v) is 3.12. The molecule has 82 valence electrons. The van der Waals surface area contributed by atoms with Crippen molar-refractivity contribution in [1.82, 2.24) is 5.16 Å². The number of ketones is 1. The van der Waals surface area contributed by atoms with Gasteiger partial charge in [-0.2, -0.15) is 0 Å². The molecule has 4 heteroatoms. The van der Waals surface area contributed by atoms with E-state index in [2.05, 4.69) is 24.2 Å². The topological polar surface area (TPSA) is 43.1 Å². The van der Waals surface area contributed by atoms with Gasteiger partial charge < -0.3 is 4.52 Å². The zero-order valence-corrected chi connectivity index (χ0v) is 9.71. The second kappa shape index (κ2) is 3.56. The number of thiophene rings is 1. The summed E-state index contributed by atoms with van der Waals surface area (Å²) in [5.41, 5.74) is 0.671. The third-order valence-corrected chi connectivity index (χ3v) is 4.14. The number of carbonyl (C=O) groups is 1. The van der Waals surface area contributed by atoms with Gasteiger partial charge in [0.25, 0.3) is 0 Å². The molecule has 0 saturated heterocycles. The van der Waals surface area contributed by atoms with E-state index in [0.29, 0.717) is 12.0 Å². The Morgan fingerprint density at radius 3 is 3.06 bits per heavy atom. The Morgan fingerprint density at radius 2 is 2.31 bits per heavy atom. The fraction of sp³-hybridized carbons (Fsp3) is 0.333. The van der Waals surface area contributed by atoms with Gasteiger partial charge in [0.15, 0.2) is 5.78 Å². The molecule has 0 spiro atoms. The molecule has 0 aliphatic heterocycles. The summed E-state index contributed by atoms with van der Waals surface area (Å²) in [5, 5.41) is 3.70. The molecule has 2 aromatic rings. The van der Waals surface area contributed by atoms with Gasteiger partial charge in [-0.3, -0.25) is 4.79 Å². The van der Waals surface area contributed by atoms with Crippen LogP contribution in [-0.2, 0) is 6.42 Å². The molecule has 0 radical (unpaired) electrons. The van der Waals surface area contributed by atoms with E-state index in [1.807, 2.05) is 0 Å². The van der Waals surface area contributed by atoms with E-state index in [0.717, 1.165) is 12.2 Å². The third kappa shape index (κ3) is 1.50. The normalized spacial score (nSPS) is 19.8. The molecule has 2 heterocycles. The van der Waals surface area contributed by atoms with Crippen LogP contribution >= 0.6 is 11.3 Å². The summed E-state index contributed by atoms with van der Waals surface area (Å²) in [7, 11) is 0. The van der Waals surface area contributed by atoms with Crippen molar-refractivity contribution in [2.24, 2.45) is 0 Å². The molecule has 2 aromatic heterocycles. The van der Waals surface area contributed by atoms with Crippen molar-refractivity contribution >= 4 is 17.1 Å². The number of aromatic nitrogens is 1. The van der Waals surface area contributed by atoms with E-state index in [4.69, 9.17) is 4.52 Å².